The van der Waals surface area contributed by atoms with Gasteiger partial charge in [-0.3, -0.25) is 9.78 Å². The summed E-state index contributed by atoms with van der Waals surface area (Å²) < 4.78 is 5.44. The third-order valence-electron chi connectivity index (χ3n) is 2.92. The van der Waals surface area contributed by atoms with Crippen molar-refractivity contribution in [2.45, 2.75) is 13.8 Å². The molecule has 0 bridgehead atoms. The van der Waals surface area contributed by atoms with E-state index in [0.717, 1.165) is 11.1 Å². The SMILES string of the molecule is C/C(=N/NC(=O)COc1ccc(Cl)cc1C)c1cccnc1. The number of aryl methyl sites for hydroxylation is 1. The highest BCUT2D eigenvalue weighted by atomic mass is 35.5. The summed E-state index contributed by atoms with van der Waals surface area (Å²) in [5, 5.41) is 4.65. The highest BCUT2D eigenvalue weighted by molar-refractivity contribution is 6.30. The molecule has 0 aliphatic rings. The van der Waals surface area contributed by atoms with Gasteiger partial charge in [0.2, 0.25) is 0 Å². The van der Waals surface area contributed by atoms with Gasteiger partial charge in [0.25, 0.3) is 5.91 Å². The molecule has 2 rings (SSSR count). The third-order valence-corrected chi connectivity index (χ3v) is 3.16. The Balaban J connectivity index is 1.88. The molecule has 22 heavy (non-hydrogen) atoms. The molecule has 1 aromatic heterocycles. The smallest absolute Gasteiger partial charge is 0.277 e. The Bertz CT molecular complexity index is 687. The van der Waals surface area contributed by atoms with Crippen LogP contribution in [0.2, 0.25) is 5.02 Å². The Hall–Kier alpha value is -2.40. The average Bonchev–Trinajstić information content (AvgIpc) is 2.52. The molecule has 1 aromatic carbocycles. The van der Waals surface area contributed by atoms with Crippen LogP contribution >= 0.6 is 11.6 Å². The zero-order valence-electron chi connectivity index (χ0n) is 12.3. The van der Waals surface area contributed by atoms with Crippen LogP contribution in [0, 0.1) is 6.92 Å². The van der Waals surface area contributed by atoms with Gasteiger partial charge in [-0.15, -0.1) is 0 Å². The normalized spacial score (nSPS) is 11.1. The topological polar surface area (TPSA) is 63.6 Å². The monoisotopic (exact) mass is 317 g/mol. The number of benzene rings is 1. The molecule has 6 heteroatoms. The molecule has 114 valence electrons. The minimum absolute atomic E-state index is 0.119. The maximum Gasteiger partial charge on any atom is 0.277 e. The third kappa shape index (κ3) is 4.56. The first kappa shape index (κ1) is 16.0. The van der Waals surface area contributed by atoms with Gasteiger partial charge in [0, 0.05) is 23.0 Å². The molecule has 1 amide bonds. The van der Waals surface area contributed by atoms with Gasteiger partial charge in [0.05, 0.1) is 5.71 Å². The van der Waals surface area contributed by atoms with Crippen LogP contribution < -0.4 is 10.2 Å². The number of halogens is 1. The number of nitrogens with one attached hydrogen (secondary N) is 1. The lowest BCUT2D eigenvalue weighted by molar-refractivity contribution is -0.123. The second-order valence-electron chi connectivity index (χ2n) is 4.67. The highest BCUT2D eigenvalue weighted by Gasteiger charge is 2.05. The van der Waals surface area contributed by atoms with Gasteiger partial charge < -0.3 is 4.74 Å². The van der Waals surface area contributed by atoms with E-state index < -0.39 is 0 Å². The molecule has 5 nitrogen and oxygen atoms in total. The first-order valence-corrected chi connectivity index (χ1v) is 7.06. The van der Waals surface area contributed by atoms with Crippen LogP contribution in [0.1, 0.15) is 18.1 Å². The molecule has 0 spiro atoms. The van der Waals surface area contributed by atoms with Crippen molar-refractivity contribution in [3.63, 3.8) is 0 Å². The molecule has 0 radical (unpaired) electrons. The van der Waals surface area contributed by atoms with Crippen LogP contribution in [-0.2, 0) is 4.79 Å². The Morgan fingerprint density at radius 1 is 1.41 bits per heavy atom. The summed E-state index contributed by atoms with van der Waals surface area (Å²) in [4.78, 5) is 15.7. The summed E-state index contributed by atoms with van der Waals surface area (Å²) in [5.41, 5.74) is 4.84. The summed E-state index contributed by atoms with van der Waals surface area (Å²) in [5.74, 6) is 0.283. The number of carbonyl (C=O) groups excluding carboxylic acids is 1. The molecule has 0 unspecified atom stereocenters. The molecule has 0 atom stereocenters. The molecule has 0 aliphatic heterocycles. The van der Waals surface area contributed by atoms with Crippen molar-refractivity contribution < 1.29 is 9.53 Å². The fourth-order valence-electron chi connectivity index (χ4n) is 1.74. The molecular weight excluding hydrogens is 302 g/mol. The van der Waals surface area contributed by atoms with Crippen molar-refractivity contribution in [3.05, 3.63) is 58.9 Å². The molecule has 2 aromatic rings. The van der Waals surface area contributed by atoms with E-state index in [-0.39, 0.29) is 12.5 Å². The van der Waals surface area contributed by atoms with Gasteiger partial charge in [-0.25, -0.2) is 5.43 Å². The molecule has 1 N–H and O–H groups in total. The summed E-state index contributed by atoms with van der Waals surface area (Å²) in [7, 11) is 0. The number of hydrogen-bond donors (Lipinski definition) is 1. The van der Waals surface area contributed by atoms with E-state index in [9.17, 15) is 4.79 Å². The van der Waals surface area contributed by atoms with Crippen molar-refractivity contribution in [3.8, 4) is 5.75 Å². The van der Waals surface area contributed by atoms with Crippen LogP contribution in [0.25, 0.3) is 0 Å². The zero-order chi connectivity index (χ0) is 15.9. The van der Waals surface area contributed by atoms with Crippen LogP contribution in [0.4, 0.5) is 0 Å². The van der Waals surface area contributed by atoms with Crippen LogP contribution in [0.3, 0.4) is 0 Å². The summed E-state index contributed by atoms with van der Waals surface area (Å²) in [6.07, 6.45) is 3.36. The number of pyridine rings is 1. The molecule has 0 saturated carbocycles. The minimum atomic E-state index is -0.336. The van der Waals surface area contributed by atoms with E-state index in [1.807, 2.05) is 19.1 Å². The van der Waals surface area contributed by atoms with E-state index in [0.29, 0.717) is 16.5 Å². The van der Waals surface area contributed by atoms with Gasteiger partial charge >= 0.3 is 0 Å². The van der Waals surface area contributed by atoms with E-state index in [2.05, 4.69) is 15.5 Å². The van der Waals surface area contributed by atoms with Gasteiger partial charge in [-0.05, 0) is 43.7 Å². The fraction of sp³-hybridized carbons (Fsp3) is 0.188. The van der Waals surface area contributed by atoms with Crippen molar-refractivity contribution >= 4 is 23.2 Å². The molecule has 0 saturated heterocycles. The van der Waals surface area contributed by atoms with Gasteiger partial charge in [0.15, 0.2) is 6.61 Å². The summed E-state index contributed by atoms with van der Waals surface area (Å²) >= 11 is 5.86. The second kappa shape index (κ2) is 7.56. The Morgan fingerprint density at radius 3 is 2.91 bits per heavy atom. The fourth-order valence-corrected chi connectivity index (χ4v) is 1.96. The Morgan fingerprint density at radius 2 is 2.23 bits per heavy atom. The van der Waals surface area contributed by atoms with E-state index >= 15 is 0 Å². The minimum Gasteiger partial charge on any atom is -0.483 e. The summed E-state index contributed by atoms with van der Waals surface area (Å²) in [6, 6.07) is 8.90. The Labute approximate surface area is 134 Å². The lowest BCUT2D eigenvalue weighted by Crippen LogP contribution is -2.25. The van der Waals surface area contributed by atoms with Gasteiger partial charge in [0.1, 0.15) is 5.75 Å². The van der Waals surface area contributed by atoms with Crippen molar-refractivity contribution in [1.29, 1.82) is 0 Å². The maximum atomic E-state index is 11.7. The molecule has 0 fully saturated rings. The largest absolute Gasteiger partial charge is 0.483 e. The van der Waals surface area contributed by atoms with Crippen LogP contribution in [-0.4, -0.2) is 23.2 Å². The number of aromatic nitrogens is 1. The lowest BCUT2D eigenvalue weighted by Gasteiger charge is -2.08. The first-order chi connectivity index (χ1) is 10.6. The Kier molecular flexibility index (Phi) is 5.49. The number of hydrogen-bond acceptors (Lipinski definition) is 4. The van der Waals surface area contributed by atoms with E-state index in [1.165, 1.54) is 0 Å². The van der Waals surface area contributed by atoms with Crippen LogP contribution in [0.15, 0.2) is 47.8 Å². The van der Waals surface area contributed by atoms with Gasteiger partial charge in [-0.2, -0.15) is 5.10 Å². The number of ether oxygens (including phenoxy) is 1. The molecular formula is C16H16ClN3O2. The maximum absolute atomic E-state index is 11.7. The standard InChI is InChI=1S/C16H16ClN3O2/c1-11-8-14(17)5-6-15(11)22-10-16(21)20-19-12(2)13-4-3-7-18-9-13/h3-9H,10H2,1-2H3,(H,20,21)/b19-12-. The number of nitrogens with zero attached hydrogens (tertiary/aromatic N) is 2. The number of hydrazone groups is 1. The highest BCUT2D eigenvalue weighted by Crippen LogP contribution is 2.21. The summed E-state index contributed by atoms with van der Waals surface area (Å²) in [6.45, 7) is 3.54. The molecule has 1 heterocycles. The predicted molar refractivity (Wildman–Crippen MR) is 86.3 cm³/mol. The quantitative estimate of drug-likeness (QED) is 0.681. The zero-order valence-corrected chi connectivity index (χ0v) is 13.1. The van der Waals surface area contributed by atoms with Crippen molar-refractivity contribution in [1.82, 2.24) is 10.4 Å². The molecule has 0 aliphatic carbocycles. The predicted octanol–water partition coefficient (Wildman–Crippen LogP) is 2.96. The number of amides is 1. The van der Waals surface area contributed by atoms with Crippen molar-refractivity contribution in [2.24, 2.45) is 5.10 Å². The number of carbonyl (C=O) groups is 1. The van der Waals surface area contributed by atoms with E-state index in [4.69, 9.17) is 16.3 Å². The average molecular weight is 318 g/mol. The van der Waals surface area contributed by atoms with Gasteiger partial charge in [-0.1, -0.05) is 17.7 Å². The van der Waals surface area contributed by atoms with Crippen LogP contribution in [0.5, 0.6) is 5.75 Å². The lowest BCUT2D eigenvalue weighted by atomic mass is 10.2. The number of rotatable bonds is 5. The van der Waals surface area contributed by atoms with E-state index in [1.54, 1.807) is 37.5 Å². The second-order valence-corrected chi connectivity index (χ2v) is 5.11. The first-order valence-electron chi connectivity index (χ1n) is 6.69. The van der Waals surface area contributed by atoms with Crippen molar-refractivity contribution in [2.75, 3.05) is 6.61 Å².